The van der Waals surface area contributed by atoms with Gasteiger partial charge in [-0.2, -0.15) is 13.2 Å². The number of H-pyrrole nitrogens is 1. The van der Waals surface area contributed by atoms with E-state index in [0.717, 1.165) is 12.1 Å². The number of anilines is 2. The molecule has 1 aromatic carbocycles. The van der Waals surface area contributed by atoms with Gasteiger partial charge in [0, 0.05) is 29.3 Å². The molecule has 3 heterocycles. The minimum atomic E-state index is -4.77. The minimum Gasteiger partial charge on any atom is -0.351 e. The van der Waals surface area contributed by atoms with Gasteiger partial charge in [0.25, 0.3) is 5.56 Å². The SMILES string of the molecule is O=c1[nH]ccc2c1Nc1ccc(F)cc1C2(CCc1ccccn1)C(F)(F)F. The van der Waals surface area contributed by atoms with Crippen molar-refractivity contribution in [3.8, 4) is 0 Å². The molecule has 1 aliphatic rings. The van der Waals surface area contributed by atoms with E-state index in [1.54, 1.807) is 18.2 Å². The van der Waals surface area contributed by atoms with Crippen molar-refractivity contribution >= 4 is 11.4 Å². The van der Waals surface area contributed by atoms with E-state index in [-0.39, 0.29) is 28.9 Å². The Balaban J connectivity index is 1.97. The second-order valence-electron chi connectivity index (χ2n) is 6.63. The van der Waals surface area contributed by atoms with Gasteiger partial charge in [-0.05, 0) is 54.8 Å². The summed E-state index contributed by atoms with van der Waals surface area (Å²) in [5.41, 5.74) is -3.32. The monoisotopic (exact) mass is 389 g/mol. The summed E-state index contributed by atoms with van der Waals surface area (Å²) in [4.78, 5) is 18.7. The number of halogens is 4. The molecule has 2 N–H and O–H groups in total. The van der Waals surface area contributed by atoms with Crippen LogP contribution in [0.25, 0.3) is 0 Å². The molecular formula is C20H15F4N3O. The quantitative estimate of drug-likeness (QED) is 0.651. The average molecular weight is 389 g/mol. The molecule has 0 aliphatic carbocycles. The van der Waals surface area contributed by atoms with Crippen LogP contribution in [0, 0.1) is 5.82 Å². The van der Waals surface area contributed by atoms with Crippen LogP contribution in [0.2, 0.25) is 0 Å². The molecule has 8 heteroatoms. The van der Waals surface area contributed by atoms with Gasteiger partial charge in [0.2, 0.25) is 0 Å². The van der Waals surface area contributed by atoms with E-state index in [9.17, 15) is 22.4 Å². The highest BCUT2D eigenvalue weighted by molar-refractivity contribution is 5.76. The maximum atomic E-state index is 14.6. The first-order chi connectivity index (χ1) is 13.3. The van der Waals surface area contributed by atoms with Crippen molar-refractivity contribution in [1.29, 1.82) is 0 Å². The van der Waals surface area contributed by atoms with Gasteiger partial charge in [0.15, 0.2) is 0 Å². The number of benzene rings is 1. The Bertz CT molecular complexity index is 1080. The van der Waals surface area contributed by atoms with Crippen LogP contribution in [-0.4, -0.2) is 16.1 Å². The Labute approximate surface area is 157 Å². The van der Waals surface area contributed by atoms with Gasteiger partial charge in [-0.1, -0.05) is 6.07 Å². The number of rotatable bonds is 3. The zero-order chi connectivity index (χ0) is 19.9. The van der Waals surface area contributed by atoms with Crippen LogP contribution in [-0.2, 0) is 11.8 Å². The third-order valence-electron chi connectivity index (χ3n) is 5.09. The Morgan fingerprint density at radius 1 is 1.07 bits per heavy atom. The van der Waals surface area contributed by atoms with Gasteiger partial charge >= 0.3 is 6.18 Å². The van der Waals surface area contributed by atoms with Crippen LogP contribution in [0.3, 0.4) is 0 Å². The summed E-state index contributed by atoms with van der Waals surface area (Å²) in [6, 6.07) is 9.40. The van der Waals surface area contributed by atoms with Crippen molar-refractivity contribution in [2.45, 2.75) is 24.4 Å². The third-order valence-corrected chi connectivity index (χ3v) is 5.09. The third kappa shape index (κ3) is 2.76. The molecule has 2 aromatic heterocycles. The molecule has 4 nitrogen and oxygen atoms in total. The van der Waals surface area contributed by atoms with E-state index in [1.165, 1.54) is 24.5 Å². The van der Waals surface area contributed by atoms with E-state index < -0.39 is 29.4 Å². The molecule has 0 saturated heterocycles. The summed E-state index contributed by atoms with van der Waals surface area (Å²) >= 11 is 0. The van der Waals surface area contributed by atoms with E-state index >= 15 is 0 Å². The lowest BCUT2D eigenvalue weighted by Crippen LogP contribution is -2.47. The smallest absolute Gasteiger partial charge is 0.351 e. The molecule has 0 fully saturated rings. The second kappa shape index (κ2) is 6.47. The number of aromatic amines is 1. The van der Waals surface area contributed by atoms with Crippen LogP contribution in [0.4, 0.5) is 28.9 Å². The Morgan fingerprint density at radius 2 is 1.89 bits per heavy atom. The minimum absolute atomic E-state index is 0.00252. The molecule has 1 aliphatic heterocycles. The van der Waals surface area contributed by atoms with E-state index in [4.69, 9.17) is 0 Å². The van der Waals surface area contributed by atoms with Crippen molar-refractivity contribution in [2.75, 3.05) is 5.32 Å². The number of nitrogens with zero attached hydrogens (tertiary/aromatic N) is 1. The summed E-state index contributed by atoms with van der Waals surface area (Å²) in [6.45, 7) is 0. The lowest BCUT2D eigenvalue weighted by atomic mass is 9.67. The molecule has 4 rings (SSSR count). The highest BCUT2D eigenvalue weighted by atomic mass is 19.4. The van der Waals surface area contributed by atoms with Gasteiger partial charge in [-0.15, -0.1) is 0 Å². The lowest BCUT2D eigenvalue weighted by molar-refractivity contribution is -0.180. The van der Waals surface area contributed by atoms with Crippen molar-refractivity contribution in [2.24, 2.45) is 0 Å². The maximum Gasteiger partial charge on any atom is 0.402 e. The van der Waals surface area contributed by atoms with Gasteiger partial charge < -0.3 is 10.3 Å². The Morgan fingerprint density at radius 3 is 2.61 bits per heavy atom. The predicted molar refractivity (Wildman–Crippen MR) is 96.1 cm³/mol. The number of fused-ring (bicyclic) bond motifs is 2. The Kier molecular flexibility index (Phi) is 4.21. The van der Waals surface area contributed by atoms with Crippen molar-refractivity contribution in [3.05, 3.63) is 87.9 Å². The fraction of sp³-hybridized carbons (Fsp3) is 0.200. The number of hydrogen-bond acceptors (Lipinski definition) is 3. The normalized spacial score (nSPS) is 18.1. The topological polar surface area (TPSA) is 57.8 Å². The number of pyridine rings is 2. The molecule has 0 radical (unpaired) electrons. The number of aromatic nitrogens is 2. The first kappa shape index (κ1) is 18.2. The largest absolute Gasteiger partial charge is 0.402 e. The maximum absolute atomic E-state index is 14.6. The van der Waals surface area contributed by atoms with E-state index in [1.807, 2.05) is 0 Å². The molecular weight excluding hydrogens is 374 g/mol. The summed E-state index contributed by atoms with van der Waals surface area (Å²) in [7, 11) is 0. The number of hydrogen-bond donors (Lipinski definition) is 2. The second-order valence-corrected chi connectivity index (χ2v) is 6.63. The number of nitrogens with one attached hydrogen (secondary N) is 2. The zero-order valence-electron chi connectivity index (χ0n) is 14.5. The fourth-order valence-electron chi connectivity index (χ4n) is 3.79. The highest BCUT2D eigenvalue weighted by Gasteiger charge is 2.60. The van der Waals surface area contributed by atoms with Crippen LogP contribution in [0.1, 0.15) is 23.2 Å². The molecule has 0 bridgehead atoms. The first-order valence-corrected chi connectivity index (χ1v) is 8.59. The number of aryl methyl sites for hydroxylation is 1. The summed E-state index contributed by atoms with van der Waals surface area (Å²) in [6.07, 6.45) is -2.50. The number of alkyl halides is 3. The summed E-state index contributed by atoms with van der Waals surface area (Å²) in [5, 5.41) is 2.73. The van der Waals surface area contributed by atoms with Gasteiger partial charge in [-0.3, -0.25) is 9.78 Å². The van der Waals surface area contributed by atoms with Gasteiger partial charge in [-0.25, -0.2) is 4.39 Å². The zero-order valence-corrected chi connectivity index (χ0v) is 14.5. The molecule has 1 unspecified atom stereocenters. The molecule has 0 amide bonds. The highest BCUT2D eigenvalue weighted by Crippen LogP contribution is 2.55. The van der Waals surface area contributed by atoms with Gasteiger partial charge in [0.1, 0.15) is 16.9 Å². The first-order valence-electron chi connectivity index (χ1n) is 8.59. The van der Waals surface area contributed by atoms with E-state index in [0.29, 0.717) is 5.69 Å². The lowest BCUT2D eigenvalue weighted by Gasteiger charge is -2.42. The fourth-order valence-corrected chi connectivity index (χ4v) is 3.79. The van der Waals surface area contributed by atoms with E-state index in [2.05, 4.69) is 15.3 Å². The average Bonchev–Trinajstić information content (AvgIpc) is 2.66. The summed E-state index contributed by atoms with van der Waals surface area (Å²) < 4.78 is 57.9. The Hall–Kier alpha value is -3.16. The van der Waals surface area contributed by atoms with Crippen molar-refractivity contribution in [3.63, 3.8) is 0 Å². The van der Waals surface area contributed by atoms with Crippen LogP contribution in [0.5, 0.6) is 0 Å². The molecule has 0 saturated carbocycles. The standard InChI is InChI=1S/C20H15F4N3O/c21-12-4-5-16-15(11-12)19(20(22,23)24,8-6-13-3-1-2-9-25-13)14-7-10-26-18(28)17(14)27-16/h1-5,7,9-11,27H,6,8H2,(H,26,28). The molecule has 1 atom stereocenters. The summed E-state index contributed by atoms with van der Waals surface area (Å²) in [5.74, 6) is -0.777. The van der Waals surface area contributed by atoms with Crippen LogP contribution in [0.15, 0.2) is 59.7 Å². The van der Waals surface area contributed by atoms with Crippen molar-refractivity contribution < 1.29 is 17.6 Å². The van der Waals surface area contributed by atoms with Gasteiger partial charge in [0.05, 0.1) is 0 Å². The molecule has 0 spiro atoms. The molecule has 144 valence electrons. The molecule has 28 heavy (non-hydrogen) atoms. The molecule has 3 aromatic rings. The van der Waals surface area contributed by atoms with Crippen molar-refractivity contribution in [1.82, 2.24) is 9.97 Å². The van der Waals surface area contributed by atoms with Crippen LogP contribution >= 0.6 is 0 Å². The van der Waals surface area contributed by atoms with Crippen LogP contribution < -0.4 is 10.9 Å². The predicted octanol–water partition coefficient (Wildman–Crippen LogP) is 4.45.